The summed E-state index contributed by atoms with van der Waals surface area (Å²) in [7, 11) is 0. The highest BCUT2D eigenvalue weighted by Gasteiger charge is 2.16. The number of hydrogen-bond acceptors (Lipinski definition) is 4. The van der Waals surface area contributed by atoms with Gasteiger partial charge in [0.2, 0.25) is 0 Å². The molecule has 0 saturated heterocycles. The molecule has 1 rings (SSSR count). The number of aryl methyl sites for hydroxylation is 1. The van der Waals surface area contributed by atoms with Crippen molar-refractivity contribution in [2.24, 2.45) is 0 Å². The molecular formula is C12H20N2O2S. The third-order valence-electron chi connectivity index (χ3n) is 3.02. The van der Waals surface area contributed by atoms with Crippen LogP contribution in [-0.2, 0) is 11.2 Å². The van der Waals surface area contributed by atoms with Crippen LogP contribution in [0.5, 0.6) is 0 Å². The van der Waals surface area contributed by atoms with Crippen molar-refractivity contribution in [2.45, 2.75) is 39.7 Å². The molecule has 0 aliphatic carbocycles. The van der Waals surface area contributed by atoms with Gasteiger partial charge >= 0.3 is 5.97 Å². The van der Waals surface area contributed by atoms with Crippen LogP contribution in [0.3, 0.4) is 0 Å². The summed E-state index contributed by atoms with van der Waals surface area (Å²) in [6, 6.07) is 0.305. The predicted molar refractivity (Wildman–Crippen MR) is 69.5 cm³/mol. The minimum absolute atomic E-state index is 0.118. The Balaban J connectivity index is 2.54. The number of carbonyl (C=O) groups is 1. The Morgan fingerprint density at radius 1 is 1.65 bits per heavy atom. The van der Waals surface area contributed by atoms with E-state index < -0.39 is 5.97 Å². The SMILES string of the molecule is CCC(C)N(CCc1scnc1C)CC(=O)O. The summed E-state index contributed by atoms with van der Waals surface area (Å²) < 4.78 is 0. The Bertz CT molecular complexity index is 365. The quantitative estimate of drug-likeness (QED) is 0.812. The van der Waals surface area contributed by atoms with E-state index in [0.29, 0.717) is 6.04 Å². The Morgan fingerprint density at radius 3 is 2.82 bits per heavy atom. The molecular weight excluding hydrogens is 236 g/mol. The first-order chi connectivity index (χ1) is 8.04. The molecule has 0 saturated carbocycles. The van der Waals surface area contributed by atoms with Crippen LogP contribution in [0.2, 0.25) is 0 Å². The Labute approximate surface area is 106 Å². The van der Waals surface area contributed by atoms with Crippen LogP contribution < -0.4 is 0 Å². The standard InChI is InChI=1S/C12H20N2O2S/c1-4-9(2)14(7-12(15)16)6-5-11-10(3)13-8-17-11/h8-9H,4-7H2,1-3H3,(H,15,16). The van der Waals surface area contributed by atoms with E-state index in [9.17, 15) is 4.79 Å². The summed E-state index contributed by atoms with van der Waals surface area (Å²) in [5, 5.41) is 8.89. The van der Waals surface area contributed by atoms with Gasteiger partial charge in [0.05, 0.1) is 17.7 Å². The van der Waals surface area contributed by atoms with E-state index in [2.05, 4.69) is 18.8 Å². The minimum atomic E-state index is -0.758. The molecule has 0 radical (unpaired) electrons. The average molecular weight is 256 g/mol. The number of hydrogen-bond donors (Lipinski definition) is 1. The third-order valence-corrected chi connectivity index (χ3v) is 4.02. The number of carboxylic acids is 1. The van der Waals surface area contributed by atoms with Crippen molar-refractivity contribution in [1.82, 2.24) is 9.88 Å². The fraction of sp³-hybridized carbons (Fsp3) is 0.667. The van der Waals surface area contributed by atoms with Gasteiger partial charge < -0.3 is 5.11 Å². The van der Waals surface area contributed by atoms with Gasteiger partial charge in [-0.3, -0.25) is 9.69 Å². The molecule has 0 aliphatic rings. The summed E-state index contributed by atoms with van der Waals surface area (Å²) >= 11 is 1.64. The lowest BCUT2D eigenvalue weighted by molar-refractivity contribution is -0.138. The molecule has 1 aromatic heterocycles. The summed E-state index contributed by atoms with van der Waals surface area (Å²) in [6.45, 7) is 7.05. The first-order valence-electron chi connectivity index (χ1n) is 5.89. The summed E-state index contributed by atoms with van der Waals surface area (Å²) in [6.07, 6.45) is 1.85. The van der Waals surface area contributed by atoms with Crippen LogP contribution in [-0.4, -0.2) is 40.1 Å². The van der Waals surface area contributed by atoms with E-state index in [1.807, 2.05) is 17.3 Å². The fourth-order valence-electron chi connectivity index (χ4n) is 1.70. The summed E-state index contributed by atoms with van der Waals surface area (Å²) in [5.74, 6) is -0.758. The first kappa shape index (κ1) is 14.1. The lowest BCUT2D eigenvalue weighted by atomic mass is 10.2. The first-order valence-corrected chi connectivity index (χ1v) is 6.77. The molecule has 0 aliphatic heterocycles. The van der Waals surface area contributed by atoms with Gasteiger partial charge in [-0.05, 0) is 26.7 Å². The molecule has 1 aromatic rings. The van der Waals surface area contributed by atoms with Crippen molar-refractivity contribution in [1.29, 1.82) is 0 Å². The molecule has 0 spiro atoms. The second kappa shape index (κ2) is 6.71. The Kier molecular flexibility index (Phi) is 5.58. The van der Waals surface area contributed by atoms with Crippen molar-refractivity contribution in [3.05, 3.63) is 16.1 Å². The van der Waals surface area contributed by atoms with E-state index >= 15 is 0 Å². The minimum Gasteiger partial charge on any atom is -0.480 e. The summed E-state index contributed by atoms with van der Waals surface area (Å²) in [4.78, 5) is 18.3. The highest BCUT2D eigenvalue weighted by atomic mass is 32.1. The average Bonchev–Trinajstić information content (AvgIpc) is 2.68. The van der Waals surface area contributed by atoms with E-state index in [-0.39, 0.29) is 6.54 Å². The van der Waals surface area contributed by atoms with E-state index in [1.54, 1.807) is 11.3 Å². The van der Waals surface area contributed by atoms with Gasteiger partial charge in [0.25, 0.3) is 0 Å². The van der Waals surface area contributed by atoms with Crippen molar-refractivity contribution in [3.63, 3.8) is 0 Å². The maximum absolute atomic E-state index is 10.8. The van der Waals surface area contributed by atoms with Crippen LogP contribution in [0.15, 0.2) is 5.51 Å². The molecule has 5 heteroatoms. The van der Waals surface area contributed by atoms with Crippen molar-refractivity contribution >= 4 is 17.3 Å². The number of nitrogens with zero attached hydrogens (tertiary/aromatic N) is 2. The highest BCUT2D eigenvalue weighted by molar-refractivity contribution is 7.09. The molecule has 0 aromatic carbocycles. The number of thiazole rings is 1. The smallest absolute Gasteiger partial charge is 0.317 e. The molecule has 4 nitrogen and oxygen atoms in total. The normalized spacial score (nSPS) is 12.9. The predicted octanol–water partition coefficient (Wildman–Crippen LogP) is 2.18. The van der Waals surface area contributed by atoms with E-state index in [1.165, 1.54) is 4.88 Å². The maximum atomic E-state index is 10.8. The van der Waals surface area contributed by atoms with Gasteiger partial charge in [0.15, 0.2) is 0 Å². The number of aliphatic carboxylic acids is 1. The van der Waals surface area contributed by atoms with E-state index in [4.69, 9.17) is 5.11 Å². The van der Waals surface area contributed by atoms with Crippen LogP contribution in [0.4, 0.5) is 0 Å². The molecule has 17 heavy (non-hydrogen) atoms. The third kappa shape index (κ3) is 4.44. The highest BCUT2D eigenvalue weighted by Crippen LogP contribution is 2.14. The molecule has 96 valence electrons. The number of rotatable bonds is 7. The van der Waals surface area contributed by atoms with Gasteiger partial charge in [-0.25, -0.2) is 4.98 Å². The van der Waals surface area contributed by atoms with Crippen LogP contribution in [0.25, 0.3) is 0 Å². The number of aromatic nitrogens is 1. The number of carboxylic acid groups (broad SMARTS) is 1. The molecule has 0 bridgehead atoms. The molecule has 1 unspecified atom stereocenters. The molecule has 0 amide bonds. The van der Waals surface area contributed by atoms with Gasteiger partial charge in [0, 0.05) is 17.5 Å². The van der Waals surface area contributed by atoms with Gasteiger partial charge in [0.1, 0.15) is 0 Å². The van der Waals surface area contributed by atoms with Crippen molar-refractivity contribution in [2.75, 3.05) is 13.1 Å². The lowest BCUT2D eigenvalue weighted by Crippen LogP contribution is -2.38. The van der Waals surface area contributed by atoms with Gasteiger partial charge in [-0.15, -0.1) is 11.3 Å². The van der Waals surface area contributed by atoms with Gasteiger partial charge in [-0.1, -0.05) is 6.92 Å². The maximum Gasteiger partial charge on any atom is 0.317 e. The van der Waals surface area contributed by atoms with Crippen LogP contribution >= 0.6 is 11.3 Å². The fourth-order valence-corrected chi connectivity index (χ4v) is 2.47. The summed E-state index contributed by atoms with van der Waals surface area (Å²) in [5.41, 5.74) is 2.91. The Morgan fingerprint density at radius 2 is 2.35 bits per heavy atom. The molecule has 0 fully saturated rings. The zero-order chi connectivity index (χ0) is 12.8. The molecule has 1 atom stereocenters. The zero-order valence-corrected chi connectivity index (χ0v) is 11.5. The van der Waals surface area contributed by atoms with Crippen molar-refractivity contribution < 1.29 is 9.90 Å². The topological polar surface area (TPSA) is 53.4 Å². The van der Waals surface area contributed by atoms with Crippen LogP contribution in [0.1, 0.15) is 30.8 Å². The molecule has 1 N–H and O–H groups in total. The largest absolute Gasteiger partial charge is 0.480 e. The second-order valence-electron chi connectivity index (χ2n) is 4.23. The Hall–Kier alpha value is -0.940. The monoisotopic (exact) mass is 256 g/mol. The molecule has 1 heterocycles. The van der Waals surface area contributed by atoms with E-state index in [0.717, 1.165) is 25.1 Å². The van der Waals surface area contributed by atoms with Crippen molar-refractivity contribution in [3.8, 4) is 0 Å². The van der Waals surface area contributed by atoms with Crippen LogP contribution in [0, 0.1) is 6.92 Å². The second-order valence-corrected chi connectivity index (χ2v) is 5.17. The van der Waals surface area contributed by atoms with Gasteiger partial charge in [-0.2, -0.15) is 0 Å². The lowest BCUT2D eigenvalue weighted by Gasteiger charge is -2.26. The zero-order valence-electron chi connectivity index (χ0n) is 10.6.